The highest BCUT2D eigenvalue weighted by Crippen LogP contribution is 2.17. The smallest absolute Gasteiger partial charge is 0.252 e. The largest absolute Gasteiger partial charge is 0.390 e. The molecule has 1 aliphatic rings. The average Bonchev–Trinajstić information content (AvgIpc) is 3.09. The van der Waals surface area contributed by atoms with Gasteiger partial charge in [-0.25, -0.2) is 0 Å². The number of amides is 1. The van der Waals surface area contributed by atoms with E-state index in [1.165, 1.54) is 12.5 Å². The van der Waals surface area contributed by atoms with Gasteiger partial charge in [0.1, 0.15) is 6.10 Å². The van der Waals surface area contributed by atoms with E-state index in [1.54, 1.807) is 24.3 Å². The zero-order valence-corrected chi connectivity index (χ0v) is 14.3. The molecule has 5 nitrogen and oxygen atoms in total. The van der Waals surface area contributed by atoms with Crippen LogP contribution in [0.1, 0.15) is 45.2 Å². The summed E-state index contributed by atoms with van der Waals surface area (Å²) in [7, 11) is 0. The number of carbonyl (C=O) groups is 2. The maximum Gasteiger partial charge on any atom is 0.252 e. The summed E-state index contributed by atoms with van der Waals surface area (Å²) in [4.78, 5) is 29.4. The summed E-state index contributed by atoms with van der Waals surface area (Å²) < 4.78 is 0. The van der Waals surface area contributed by atoms with E-state index >= 15 is 0 Å². The van der Waals surface area contributed by atoms with Crippen molar-refractivity contribution >= 4 is 17.4 Å². The third kappa shape index (κ3) is 3.94. The molecule has 128 valence electrons. The second kappa shape index (κ2) is 7.30. The molecule has 1 aliphatic heterocycles. The van der Waals surface area contributed by atoms with Gasteiger partial charge in [-0.05, 0) is 25.5 Å². The number of rotatable bonds is 5. The van der Waals surface area contributed by atoms with E-state index < -0.39 is 0 Å². The number of benzene rings is 2. The number of hydrogen-bond donors (Lipinski definition) is 1. The Morgan fingerprint density at radius 1 is 1.12 bits per heavy atom. The summed E-state index contributed by atoms with van der Waals surface area (Å²) in [6.45, 7) is 3.83. The predicted molar refractivity (Wildman–Crippen MR) is 96.0 cm³/mol. The van der Waals surface area contributed by atoms with Gasteiger partial charge in [-0.2, -0.15) is 0 Å². The molecule has 1 atom stereocenters. The molecule has 0 bridgehead atoms. The monoisotopic (exact) mass is 336 g/mol. The minimum Gasteiger partial charge on any atom is -0.390 e. The van der Waals surface area contributed by atoms with Crippen LogP contribution in [0.25, 0.3) is 0 Å². The van der Waals surface area contributed by atoms with Gasteiger partial charge in [-0.15, -0.1) is 0 Å². The van der Waals surface area contributed by atoms with E-state index in [0.717, 1.165) is 11.3 Å². The molecule has 1 N–H and O–H groups in total. The molecule has 0 fully saturated rings. The van der Waals surface area contributed by atoms with Crippen molar-refractivity contribution in [2.24, 2.45) is 5.16 Å². The second-order valence-corrected chi connectivity index (χ2v) is 6.15. The van der Waals surface area contributed by atoms with Crippen molar-refractivity contribution in [1.82, 2.24) is 5.32 Å². The maximum absolute atomic E-state index is 12.4. The van der Waals surface area contributed by atoms with Gasteiger partial charge in [0.25, 0.3) is 5.91 Å². The fourth-order valence-electron chi connectivity index (χ4n) is 2.74. The summed E-state index contributed by atoms with van der Waals surface area (Å²) in [5.74, 6) is -0.411. The van der Waals surface area contributed by atoms with Crippen LogP contribution in [0.4, 0.5) is 0 Å². The van der Waals surface area contributed by atoms with Crippen LogP contribution in [0.5, 0.6) is 0 Å². The van der Waals surface area contributed by atoms with Crippen LogP contribution in [-0.2, 0) is 4.84 Å². The normalized spacial score (nSPS) is 16.1. The van der Waals surface area contributed by atoms with Gasteiger partial charge in [0.15, 0.2) is 5.78 Å². The van der Waals surface area contributed by atoms with Crippen LogP contribution >= 0.6 is 0 Å². The van der Waals surface area contributed by atoms with Crippen LogP contribution in [0, 0.1) is 6.92 Å². The molecule has 0 aromatic heterocycles. The highest BCUT2D eigenvalue weighted by molar-refractivity contribution is 6.07. The fraction of sp³-hybridized carbons (Fsp3) is 0.250. The van der Waals surface area contributed by atoms with E-state index in [2.05, 4.69) is 10.5 Å². The topological polar surface area (TPSA) is 67.8 Å². The highest BCUT2D eigenvalue weighted by Gasteiger charge is 2.23. The maximum atomic E-state index is 12.4. The SMILES string of the molecule is CC(=O)c1ccccc1C(=O)NC[C@H]1CC(c2ccc(C)cc2)=NO1. The molecule has 2 aromatic carbocycles. The van der Waals surface area contributed by atoms with Gasteiger partial charge >= 0.3 is 0 Å². The summed E-state index contributed by atoms with van der Waals surface area (Å²) in [6, 6.07) is 14.9. The van der Waals surface area contributed by atoms with Crippen LogP contribution < -0.4 is 5.32 Å². The highest BCUT2D eigenvalue weighted by atomic mass is 16.6. The Labute approximate surface area is 146 Å². The van der Waals surface area contributed by atoms with Crippen molar-refractivity contribution in [3.8, 4) is 0 Å². The van der Waals surface area contributed by atoms with Crippen molar-refractivity contribution in [2.75, 3.05) is 6.54 Å². The Morgan fingerprint density at radius 3 is 2.48 bits per heavy atom. The molecule has 25 heavy (non-hydrogen) atoms. The molecular formula is C20H20N2O3. The molecule has 3 rings (SSSR count). The van der Waals surface area contributed by atoms with Gasteiger partial charge in [0.2, 0.25) is 0 Å². The Morgan fingerprint density at radius 2 is 1.80 bits per heavy atom. The molecule has 5 heteroatoms. The fourth-order valence-corrected chi connectivity index (χ4v) is 2.74. The molecule has 0 saturated heterocycles. The summed E-state index contributed by atoms with van der Waals surface area (Å²) in [6.07, 6.45) is 0.433. The van der Waals surface area contributed by atoms with E-state index in [-0.39, 0.29) is 17.8 Å². The molecule has 0 saturated carbocycles. The molecule has 1 amide bonds. The first kappa shape index (κ1) is 16.9. The van der Waals surface area contributed by atoms with E-state index in [9.17, 15) is 9.59 Å². The van der Waals surface area contributed by atoms with Gasteiger partial charge in [0.05, 0.1) is 17.8 Å². The minimum absolute atomic E-state index is 0.132. The molecule has 0 unspecified atom stereocenters. The predicted octanol–water partition coefficient (Wildman–Crippen LogP) is 3.12. The number of hydrogen-bond acceptors (Lipinski definition) is 4. The van der Waals surface area contributed by atoms with E-state index in [0.29, 0.717) is 24.1 Å². The molecule has 1 heterocycles. The van der Waals surface area contributed by atoms with Crippen molar-refractivity contribution in [3.05, 3.63) is 70.8 Å². The lowest BCUT2D eigenvalue weighted by Crippen LogP contribution is -2.33. The standard InChI is InChI=1S/C20H20N2O3/c1-13-7-9-15(10-8-13)19-11-16(25-22-19)12-21-20(24)18-6-4-3-5-17(18)14(2)23/h3-10,16H,11-12H2,1-2H3,(H,21,24)/t16-/m1/s1. The van der Waals surface area contributed by atoms with Crippen molar-refractivity contribution in [1.29, 1.82) is 0 Å². The summed E-state index contributed by atoms with van der Waals surface area (Å²) in [5.41, 5.74) is 3.90. The number of oxime groups is 1. The van der Waals surface area contributed by atoms with Crippen molar-refractivity contribution < 1.29 is 14.4 Å². The zero-order valence-electron chi connectivity index (χ0n) is 14.3. The lowest BCUT2D eigenvalue weighted by Gasteiger charge is -2.11. The Balaban J connectivity index is 1.58. The second-order valence-electron chi connectivity index (χ2n) is 6.15. The Bertz CT molecular complexity index is 825. The first-order chi connectivity index (χ1) is 12.0. The number of aryl methyl sites for hydroxylation is 1. The van der Waals surface area contributed by atoms with Crippen LogP contribution in [0.3, 0.4) is 0 Å². The third-order valence-corrected chi connectivity index (χ3v) is 4.16. The van der Waals surface area contributed by atoms with Gasteiger partial charge in [-0.3, -0.25) is 9.59 Å². The lowest BCUT2D eigenvalue weighted by molar-refractivity contribution is 0.0752. The quantitative estimate of drug-likeness (QED) is 0.853. The lowest BCUT2D eigenvalue weighted by atomic mass is 10.0. The summed E-state index contributed by atoms with van der Waals surface area (Å²) in [5, 5.41) is 6.95. The first-order valence-corrected chi connectivity index (χ1v) is 8.22. The van der Waals surface area contributed by atoms with Crippen molar-refractivity contribution in [3.63, 3.8) is 0 Å². The molecule has 0 spiro atoms. The Hall–Kier alpha value is -2.95. The number of Topliss-reactive ketones (excluding diaryl/α,β-unsaturated/α-hetero) is 1. The third-order valence-electron chi connectivity index (χ3n) is 4.16. The van der Waals surface area contributed by atoms with Crippen LogP contribution in [0.15, 0.2) is 53.7 Å². The van der Waals surface area contributed by atoms with E-state index in [4.69, 9.17) is 4.84 Å². The average molecular weight is 336 g/mol. The molecule has 2 aromatic rings. The van der Waals surface area contributed by atoms with E-state index in [1.807, 2.05) is 31.2 Å². The summed E-state index contributed by atoms with van der Waals surface area (Å²) >= 11 is 0. The Kier molecular flexibility index (Phi) is 4.93. The minimum atomic E-state index is -0.279. The number of nitrogens with one attached hydrogen (secondary N) is 1. The number of carbonyl (C=O) groups excluding carboxylic acids is 2. The molecular weight excluding hydrogens is 316 g/mol. The van der Waals surface area contributed by atoms with Gasteiger partial charge < -0.3 is 10.2 Å². The molecule has 0 aliphatic carbocycles. The van der Waals surface area contributed by atoms with Crippen LogP contribution in [0.2, 0.25) is 0 Å². The number of ketones is 1. The van der Waals surface area contributed by atoms with Crippen LogP contribution in [-0.4, -0.2) is 30.1 Å². The zero-order chi connectivity index (χ0) is 17.8. The van der Waals surface area contributed by atoms with Gasteiger partial charge in [0, 0.05) is 12.0 Å². The molecule has 0 radical (unpaired) electrons. The van der Waals surface area contributed by atoms with Crippen molar-refractivity contribution in [2.45, 2.75) is 26.4 Å². The first-order valence-electron chi connectivity index (χ1n) is 8.22. The van der Waals surface area contributed by atoms with Gasteiger partial charge in [-0.1, -0.05) is 53.2 Å². The number of nitrogens with zero attached hydrogens (tertiary/aromatic N) is 1.